The van der Waals surface area contributed by atoms with Crippen LogP contribution in [0.4, 0.5) is 4.39 Å². The molecule has 0 aliphatic carbocycles. The first kappa shape index (κ1) is 13.1. The largest absolute Gasteiger partial charge is 0.508 e. The van der Waals surface area contributed by atoms with Gasteiger partial charge in [-0.15, -0.1) is 0 Å². The second kappa shape index (κ2) is 6.01. The molecule has 94 valence electrons. The van der Waals surface area contributed by atoms with Crippen LogP contribution >= 0.6 is 15.9 Å². The van der Waals surface area contributed by atoms with Crippen LogP contribution in [0, 0.1) is 5.82 Å². The van der Waals surface area contributed by atoms with E-state index in [4.69, 9.17) is 0 Å². The highest BCUT2D eigenvalue weighted by atomic mass is 79.9. The van der Waals surface area contributed by atoms with Crippen LogP contribution in [0.5, 0.6) is 5.75 Å². The summed E-state index contributed by atoms with van der Waals surface area (Å²) in [6.45, 7) is 0. The molecule has 0 amide bonds. The van der Waals surface area contributed by atoms with Crippen molar-refractivity contribution in [1.82, 2.24) is 0 Å². The molecule has 0 saturated heterocycles. The Morgan fingerprint density at radius 2 is 1.89 bits per heavy atom. The summed E-state index contributed by atoms with van der Waals surface area (Å²) in [7, 11) is 0. The van der Waals surface area contributed by atoms with Crippen molar-refractivity contribution in [3.8, 4) is 5.75 Å². The average Bonchev–Trinajstić information content (AvgIpc) is 2.37. The van der Waals surface area contributed by atoms with Crippen molar-refractivity contribution < 1.29 is 9.50 Å². The molecule has 0 radical (unpaired) electrons. The van der Waals surface area contributed by atoms with Gasteiger partial charge in [0, 0.05) is 11.2 Å². The van der Waals surface area contributed by atoms with Gasteiger partial charge in [0.25, 0.3) is 0 Å². The Labute approximate surface area is 114 Å². The van der Waals surface area contributed by atoms with Gasteiger partial charge < -0.3 is 5.11 Å². The van der Waals surface area contributed by atoms with Crippen molar-refractivity contribution >= 4 is 15.9 Å². The molecule has 0 aromatic heterocycles. The fourth-order valence-electron chi connectivity index (χ4n) is 2.02. The first-order chi connectivity index (χ1) is 8.70. The predicted molar refractivity (Wildman–Crippen MR) is 74.7 cm³/mol. The summed E-state index contributed by atoms with van der Waals surface area (Å²) >= 11 is 3.43. The maximum atomic E-state index is 13.7. The van der Waals surface area contributed by atoms with E-state index in [1.165, 1.54) is 6.07 Å². The number of hydrogen-bond donors (Lipinski definition) is 1. The molecule has 0 fully saturated rings. The molecule has 0 saturated carbocycles. The maximum absolute atomic E-state index is 13.7. The van der Waals surface area contributed by atoms with Gasteiger partial charge in [-0.25, -0.2) is 4.39 Å². The van der Waals surface area contributed by atoms with Gasteiger partial charge in [-0.1, -0.05) is 46.3 Å². The lowest BCUT2D eigenvalue weighted by molar-refractivity contribution is 0.474. The van der Waals surface area contributed by atoms with Crippen LogP contribution in [-0.4, -0.2) is 10.4 Å². The number of aromatic hydroxyl groups is 1. The van der Waals surface area contributed by atoms with Crippen molar-refractivity contribution in [2.45, 2.75) is 12.3 Å². The van der Waals surface area contributed by atoms with E-state index in [0.717, 1.165) is 5.56 Å². The topological polar surface area (TPSA) is 20.2 Å². The minimum absolute atomic E-state index is 0.0630. The number of rotatable bonds is 4. The van der Waals surface area contributed by atoms with Crippen molar-refractivity contribution in [1.29, 1.82) is 0 Å². The third-order valence-electron chi connectivity index (χ3n) is 2.92. The Morgan fingerprint density at radius 3 is 2.56 bits per heavy atom. The van der Waals surface area contributed by atoms with Crippen LogP contribution in [0.1, 0.15) is 17.0 Å². The lowest BCUT2D eigenvalue weighted by Gasteiger charge is -2.15. The zero-order valence-corrected chi connectivity index (χ0v) is 11.4. The molecule has 0 heterocycles. The Hall–Kier alpha value is -1.35. The second-order valence-corrected chi connectivity index (χ2v) is 4.89. The Morgan fingerprint density at radius 1 is 1.11 bits per heavy atom. The highest BCUT2D eigenvalue weighted by Gasteiger charge is 2.15. The predicted octanol–water partition coefficient (Wildman–Crippen LogP) is 4.25. The number of alkyl halides is 1. The molecule has 2 rings (SSSR count). The number of benzene rings is 2. The number of halogens is 2. The highest BCUT2D eigenvalue weighted by Crippen LogP contribution is 2.26. The molecule has 2 aromatic rings. The van der Waals surface area contributed by atoms with Gasteiger partial charge in [0.1, 0.15) is 11.6 Å². The summed E-state index contributed by atoms with van der Waals surface area (Å²) in [6, 6.07) is 13.9. The van der Waals surface area contributed by atoms with Crippen molar-refractivity contribution in [2.24, 2.45) is 0 Å². The average molecular weight is 309 g/mol. The number of hydrogen-bond acceptors (Lipinski definition) is 1. The van der Waals surface area contributed by atoms with Gasteiger partial charge in [-0.05, 0) is 35.7 Å². The van der Waals surface area contributed by atoms with Gasteiger partial charge in [-0.2, -0.15) is 0 Å². The normalized spacial score (nSPS) is 12.3. The molecule has 1 atom stereocenters. The molecule has 2 aromatic carbocycles. The van der Waals surface area contributed by atoms with Crippen LogP contribution in [0.2, 0.25) is 0 Å². The van der Waals surface area contributed by atoms with Crippen molar-refractivity contribution in [3.63, 3.8) is 0 Å². The highest BCUT2D eigenvalue weighted by molar-refractivity contribution is 9.09. The Bertz CT molecular complexity index is 527. The summed E-state index contributed by atoms with van der Waals surface area (Å²) in [5, 5.41) is 10.1. The minimum Gasteiger partial charge on any atom is -0.508 e. The van der Waals surface area contributed by atoms with E-state index in [9.17, 15) is 9.50 Å². The van der Waals surface area contributed by atoms with Crippen molar-refractivity contribution in [3.05, 3.63) is 65.5 Å². The van der Waals surface area contributed by atoms with E-state index >= 15 is 0 Å². The fourth-order valence-corrected chi connectivity index (χ4v) is 2.60. The van der Waals surface area contributed by atoms with E-state index in [0.29, 0.717) is 17.3 Å². The molecule has 0 bridgehead atoms. The summed E-state index contributed by atoms with van der Waals surface area (Å²) in [6.07, 6.45) is 0.695. The standard InChI is InChI=1S/C15H14BrFO/c16-10-12(14-6-1-2-7-15(14)17)8-11-4-3-5-13(18)9-11/h1-7,9,12,18H,8,10H2. The quantitative estimate of drug-likeness (QED) is 0.837. The van der Waals surface area contributed by atoms with Crippen LogP contribution < -0.4 is 0 Å². The third kappa shape index (κ3) is 3.10. The molecule has 1 N–H and O–H groups in total. The van der Waals surface area contributed by atoms with Crippen LogP contribution in [0.3, 0.4) is 0 Å². The van der Waals surface area contributed by atoms with E-state index in [2.05, 4.69) is 15.9 Å². The molecule has 0 aliphatic heterocycles. The smallest absolute Gasteiger partial charge is 0.126 e. The van der Waals surface area contributed by atoms with E-state index in [1.807, 2.05) is 18.2 Å². The molecule has 1 nitrogen and oxygen atoms in total. The first-order valence-electron chi connectivity index (χ1n) is 5.79. The molecule has 3 heteroatoms. The summed E-state index contributed by atoms with van der Waals surface area (Å²) < 4.78 is 13.7. The van der Waals surface area contributed by atoms with E-state index in [1.54, 1.807) is 24.3 Å². The first-order valence-corrected chi connectivity index (χ1v) is 6.91. The SMILES string of the molecule is Oc1cccc(CC(CBr)c2ccccc2F)c1. The summed E-state index contributed by atoms with van der Waals surface area (Å²) in [5.41, 5.74) is 1.71. The van der Waals surface area contributed by atoms with Gasteiger partial charge in [-0.3, -0.25) is 0 Å². The molecule has 0 spiro atoms. The number of phenolic OH excluding ortho intramolecular Hbond substituents is 1. The third-order valence-corrected chi connectivity index (χ3v) is 3.71. The molecular formula is C15H14BrFO. The number of phenols is 1. The lowest BCUT2D eigenvalue weighted by Crippen LogP contribution is -2.06. The molecular weight excluding hydrogens is 295 g/mol. The zero-order chi connectivity index (χ0) is 13.0. The molecule has 0 aliphatic rings. The van der Waals surface area contributed by atoms with Crippen LogP contribution in [-0.2, 0) is 6.42 Å². The van der Waals surface area contributed by atoms with Crippen LogP contribution in [0.15, 0.2) is 48.5 Å². The zero-order valence-electron chi connectivity index (χ0n) is 9.81. The Balaban J connectivity index is 2.23. The van der Waals surface area contributed by atoms with Crippen molar-refractivity contribution in [2.75, 3.05) is 5.33 Å². The van der Waals surface area contributed by atoms with E-state index < -0.39 is 0 Å². The summed E-state index contributed by atoms with van der Waals surface area (Å²) in [5.74, 6) is 0.129. The van der Waals surface area contributed by atoms with Gasteiger partial charge >= 0.3 is 0 Å². The fraction of sp³-hybridized carbons (Fsp3) is 0.200. The minimum atomic E-state index is -0.179. The van der Waals surface area contributed by atoms with Gasteiger partial charge in [0.2, 0.25) is 0 Å². The second-order valence-electron chi connectivity index (χ2n) is 4.25. The van der Waals surface area contributed by atoms with Gasteiger partial charge in [0.05, 0.1) is 0 Å². The Kier molecular flexibility index (Phi) is 4.37. The van der Waals surface area contributed by atoms with Crippen LogP contribution in [0.25, 0.3) is 0 Å². The lowest BCUT2D eigenvalue weighted by atomic mass is 9.93. The van der Waals surface area contributed by atoms with E-state index in [-0.39, 0.29) is 17.5 Å². The molecule has 1 unspecified atom stereocenters. The maximum Gasteiger partial charge on any atom is 0.126 e. The molecule has 18 heavy (non-hydrogen) atoms. The summed E-state index contributed by atoms with van der Waals surface area (Å²) in [4.78, 5) is 0. The van der Waals surface area contributed by atoms with Gasteiger partial charge in [0.15, 0.2) is 0 Å². The monoisotopic (exact) mass is 308 g/mol.